The third kappa shape index (κ3) is 3.08. The van der Waals surface area contributed by atoms with Crippen molar-refractivity contribution < 1.29 is 13.9 Å². The number of halogens is 1. The Hall–Kier alpha value is -2.07. The van der Waals surface area contributed by atoms with Crippen molar-refractivity contribution in [3.8, 4) is 17.2 Å². The van der Waals surface area contributed by atoms with E-state index in [2.05, 4.69) is 0 Å². The Morgan fingerprint density at radius 3 is 2.50 bits per heavy atom. The maximum Gasteiger partial charge on any atom is 0.132 e. The second-order valence-corrected chi connectivity index (χ2v) is 4.71. The largest absolute Gasteiger partial charge is 0.497 e. The van der Waals surface area contributed by atoms with E-state index in [1.165, 1.54) is 6.07 Å². The quantitative estimate of drug-likeness (QED) is 0.918. The summed E-state index contributed by atoms with van der Waals surface area (Å²) in [6.45, 7) is 3.49. The van der Waals surface area contributed by atoms with Gasteiger partial charge >= 0.3 is 0 Å². The molecule has 0 spiro atoms. The van der Waals surface area contributed by atoms with Gasteiger partial charge < -0.3 is 15.2 Å². The maximum atomic E-state index is 13.6. The molecule has 1 atom stereocenters. The van der Waals surface area contributed by atoms with Gasteiger partial charge in [0, 0.05) is 17.7 Å². The van der Waals surface area contributed by atoms with E-state index >= 15 is 0 Å². The normalized spacial score (nSPS) is 12.1. The summed E-state index contributed by atoms with van der Waals surface area (Å²) < 4.78 is 24.6. The summed E-state index contributed by atoms with van der Waals surface area (Å²) in [5, 5.41) is 0. The van der Waals surface area contributed by atoms with Gasteiger partial charge in [-0.3, -0.25) is 0 Å². The fourth-order valence-corrected chi connectivity index (χ4v) is 1.91. The van der Waals surface area contributed by atoms with Crippen LogP contribution in [0.3, 0.4) is 0 Å². The summed E-state index contributed by atoms with van der Waals surface area (Å²) in [4.78, 5) is 0. The van der Waals surface area contributed by atoms with Crippen molar-refractivity contribution >= 4 is 0 Å². The van der Waals surface area contributed by atoms with Crippen molar-refractivity contribution in [2.75, 3.05) is 7.11 Å². The first-order valence-electron chi connectivity index (χ1n) is 6.39. The van der Waals surface area contributed by atoms with Crippen LogP contribution in [0.1, 0.15) is 24.1 Å². The predicted octanol–water partition coefficient (Wildman–Crippen LogP) is 3.95. The number of hydrogen-bond acceptors (Lipinski definition) is 3. The van der Waals surface area contributed by atoms with Crippen molar-refractivity contribution in [1.29, 1.82) is 0 Å². The van der Waals surface area contributed by atoms with Crippen LogP contribution in [0.5, 0.6) is 17.2 Å². The van der Waals surface area contributed by atoms with Crippen molar-refractivity contribution in [3.05, 3.63) is 53.3 Å². The standard InChI is InChI=1S/C16H18FNO2/c1-10-7-16(14(11(2)18)9-15(10)17)20-13-6-4-5-12(8-13)19-3/h4-9,11H,18H2,1-3H3/t11-/m1/s1. The molecule has 0 radical (unpaired) electrons. The Labute approximate surface area is 118 Å². The molecule has 0 aromatic heterocycles. The van der Waals surface area contributed by atoms with Crippen LogP contribution < -0.4 is 15.2 Å². The average Bonchev–Trinajstić information content (AvgIpc) is 2.42. The zero-order valence-electron chi connectivity index (χ0n) is 11.8. The van der Waals surface area contributed by atoms with Gasteiger partial charge in [0.25, 0.3) is 0 Å². The van der Waals surface area contributed by atoms with Gasteiger partial charge in [-0.25, -0.2) is 4.39 Å². The summed E-state index contributed by atoms with van der Waals surface area (Å²) in [5.74, 6) is 1.60. The van der Waals surface area contributed by atoms with Gasteiger partial charge in [0.05, 0.1) is 7.11 Å². The minimum Gasteiger partial charge on any atom is -0.497 e. The van der Waals surface area contributed by atoms with Crippen LogP contribution in [0.25, 0.3) is 0 Å². The second-order valence-electron chi connectivity index (χ2n) is 4.71. The molecule has 2 N–H and O–H groups in total. The molecule has 20 heavy (non-hydrogen) atoms. The second kappa shape index (κ2) is 5.92. The van der Waals surface area contributed by atoms with E-state index in [1.807, 2.05) is 18.2 Å². The molecule has 2 aromatic rings. The zero-order valence-corrected chi connectivity index (χ0v) is 11.8. The SMILES string of the molecule is COc1cccc(Oc2cc(C)c(F)cc2[C@@H](C)N)c1. The molecule has 3 nitrogen and oxygen atoms in total. The molecule has 0 bridgehead atoms. The molecule has 0 aliphatic heterocycles. The molecular formula is C16H18FNO2. The van der Waals surface area contributed by atoms with Crippen LogP contribution in [-0.2, 0) is 0 Å². The molecule has 4 heteroatoms. The van der Waals surface area contributed by atoms with E-state index in [0.29, 0.717) is 28.4 Å². The highest BCUT2D eigenvalue weighted by Gasteiger charge is 2.13. The summed E-state index contributed by atoms with van der Waals surface area (Å²) in [6, 6.07) is 10.0. The van der Waals surface area contributed by atoms with Crippen LogP contribution in [0.2, 0.25) is 0 Å². The van der Waals surface area contributed by atoms with E-state index in [4.69, 9.17) is 15.2 Å². The van der Waals surface area contributed by atoms with Crippen molar-refractivity contribution in [2.24, 2.45) is 5.73 Å². The van der Waals surface area contributed by atoms with E-state index < -0.39 is 0 Å². The monoisotopic (exact) mass is 275 g/mol. The molecule has 0 unspecified atom stereocenters. The number of benzene rings is 2. The number of hydrogen-bond donors (Lipinski definition) is 1. The van der Waals surface area contributed by atoms with Crippen LogP contribution in [0.15, 0.2) is 36.4 Å². The van der Waals surface area contributed by atoms with Crippen LogP contribution >= 0.6 is 0 Å². The predicted molar refractivity (Wildman–Crippen MR) is 76.8 cm³/mol. The van der Waals surface area contributed by atoms with Crippen molar-refractivity contribution in [2.45, 2.75) is 19.9 Å². The van der Waals surface area contributed by atoms with Crippen molar-refractivity contribution in [1.82, 2.24) is 0 Å². The number of rotatable bonds is 4. The maximum absolute atomic E-state index is 13.6. The van der Waals surface area contributed by atoms with Crippen molar-refractivity contribution in [3.63, 3.8) is 0 Å². The van der Waals surface area contributed by atoms with E-state index in [1.54, 1.807) is 33.1 Å². The molecule has 0 aliphatic rings. The lowest BCUT2D eigenvalue weighted by atomic mass is 10.1. The molecule has 0 saturated heterocycles. The lowest BCUT2D eigenvalue weighted by Crippen LogP contribution is -2.08. The third-order valence-corrected chi connectivity index (χ3v) is 3.05. The Morgan fingerprint density at radius 1 is 1.15 bits per heavy atom. The van der Waals surface area contributed by atoms with Gasteiger partial charge in [-0.05, 0) is 43.7 Å². The molecule has 2 aromatic carbocycles. The molecule has 106 valence electrons. The fraction of sp³-hybridized carbons (Fsp3) is 0.250. The Morgan fingerprint density at radius 2 is 1.85 bits per heavy atom. The van der Waals surface area contributed by atoms with E-state index in [0.717, 1.165) is 0 Å². The minimum atomic E-state index is -0.314. The Balaban J connectivity index is 2.39. The Bertz CT molecular complexity index is 611. The molecule has 0 aliphatic carbocycles. The smallest absolute Gasteiger partial charge is 0.132 e. The van der Waals surface area contributed by atoms with Gasteiger partial charge in [-0.1, -0.05) is 6.07 Å². The molecular weight excluding hydrogens is 257 g/mol. The van der Waals surface area contributed by atoms with Crippen LogP contribution in [0, 0.1) is 12.7 Å². The summed E-state index contributed by atoms with van der Waals surface area (Å²) in [6.07, 6.45) is 0. The summed E-state index contributed by atoms with van der Waals surface area (Å²) in [7, 11) is 1.59. The van der Waals surface area contributed by atoms with Gasteiger partial charge in [0.1, 0.15) is 23.1 Å². The molecule has 0 amide bonds. The minimum absolute atomic E-state index is 0.282. The highest BCUT2D eigenvalue weighted by atomic mass is 19.1. The zero-order chi connectivity index (χ0) is 14.7. The molecule has 0 saturated carbocycles. The molecule has 0 fully saturated rings. The molecule has 2 rings (SSSR count). The lowest BCUT2D eigenvalue weighted by molar-refractivity contribution is 0.408. The van der Waals surface area contributed by atoms with Gasteiger partial charge in [-0.15, -0.1) is 0 Å². The Kier molecular flexibility index (Phi) is 4.25. The topological polar surface area (TPSA) is 44.5 Å². The number of methoxy groups -OCH3 is 1. The van der Waals surface area contributed by atoms with Crippen LogP contribution in [-0.4, -0.2) is 7.11 Å². The average molecular weight is 275 g/mol. The van der Waals surface area contributed by atoms with E-state index in [-0.39, 0.29) is 11.9 Å². The first-order valence-corrected chi connectivity index (χ1v) is 6.39. The first kappa shape index (κ1) is 14.3. The summed E-state index contributed by atoms with van der Waals surface area (Å²) >= 11 is 0. The van der Waals surface area contributed by atoms with Gasteiger partial charge in [0.2, 0.25) is 0 Å². The van der Waals surface area contributed by atoms with Gasteiger partial charge in [0.15, 0.2) is 0 Å². The van der Waals surface area contributed by atoms with Crippen LogP contribution in [0.4, 0.5) is 4.39 Å². The number of ether oxygens (including phenoxy) is 2. The third-order valence-electron chi connectivity index (χ3n) is 3.05. The lowest BCUT2D eigenvalue weighted by Gasteiger charge is -2.15. The van der Waals surface area contributed by atoms with Gasteiger partial charge in [-0.2, -0.15) is 0 Å². The number of nitrogens with two attached hydrogens (primary N) is 1. The highest BCUT2D eigenvalue weighted by Crippen LogP contribution is 2.32. The fourth-order valence-electron chi connectivity index (χ4n) is 1.91. The van der Waals surface area contributed by atoms with E-state index in [9.17, 15) is 4.39 Å². The molecule has 0 heterocycles. The number of aryl methyl sites for hydroxylation is 1. The summed E-state index contributed by atoms with van der Waals surface area (Å²) in [5.41, 5.74) is 7.03. The highest BCUT2D eigenvalue weighted by molar-refractivity contribution is 5.44. The first-order chi connectivity index (χ1) is 9.51.